The Bertz CT molecular complexity index is 4400. The SMILES string of the molecule is c1ccc(-c2nc(-c3ccc4sc5c6ccccc6ccc5c4c3)nc(-n3c4ccccc4c4cc5c6cccc7c6n(c5cc43)c3cccc4c5ccccc5n7c43)n2)cc1. The number of hydrogen-bond donors (Lipinski definition) is 0. The molecule has 0 saturated carbocycles. The topological polar surface area (TPSA) is 52.4 Å². The van der Waals surface area contributed by atoms with Crippen molar-refractivity contribution in [1.82, 2.24) is 28.3 Å². The molecule has 62 heavy (non-hydrogen) atoms. The molecule has 0 aliphatic carbocycles. The number of fused-ring (bicyclic) bond motifs is 16. The van der Waals surface area contributed by atoms with E-state index in [2.05, 4.69) is 177 Å². The number of benzene rings is 9. The first kappa shape index (κ1) is 32.7. The molecule has 15 aromatic rings. The summed E-state index contributed by atoms with van der Waals surface area (Å²) in [5.74, 6) is 1.85. The van der Waals surface area contributed by atoms with E-state index in [1.807, 2.05) is 29.5 Å². The summed E-state index contributed by atoms with van der Waals surface area (Å²) in [7, 11) is 0. The van der Waals surface area contributed by atoms with E-state index in [1.165, 1.54) is 80.1 Å². The summed E-state index contributed by atoms with van der Waals surface area (Å²) in [5, 5.41) is 12.3. The van der Waals surface area contributed by atoms with Gasteiger partial charge in [0.2, 0.25) is 5.95 Å². The third-order valence-corrected chi connectivity index (χ3v) is 14.4. The molecule has 0 radical (unpaired) electrons. The lowest BCUT2D eigenvalue weighted by atomic mass is 10.0. The summed E-state index contributed by atoms with van der Waals surface area (Å²) in [6, 6.07) is 65.7. The molecule has 6 aromatic heterocycles. The molecule has 0 spiro atoms. The minimum Gasteiger partial charge on any atom is -0.305 e. The normalized spacial score (nSPS) is 12.5. The van der Waals surface area contributed by atoms with Gasteiger partial charge in [-0.15, -0.1) is 11.3 Å². The molecule has 7 heteroatoms. The molecule has 0 amide bonds. The molecule has 9 aromatic carbocycles. The molecule has 0 atom stereocenters. The van der Waals surface area contributed by atoms with Crippen molar-refractivity contribution in [3.05, 3.63) is 182 Å². The van der Waals surface area contributed by atoms with Crippen LogP contribution in [0, 0.1) is 0 Å². The van der Waals surface area contributed by atoms with E-state index in [9.17, 15) is 0 Å². The van der Waals surface area contributed by atoms with Gasteiger partial charge in [-0.25, -0.2) is 4.98 Å². The summed E-state index contributed by atoms with van der Waals surface area (Å²) in [4.78, 5) is 15.9. The molecule has 0 aliphatic heterocycles. The van der Waals surface area contributed by atoms with Crippen LogP contribution in [0.5, 0.6) is 0 Å². The molecule has 0 N–H and O–H groups in total. The Morgan fingerprint density at radius 3 is 1.76 bits per heavy atom. The highest BCUT2D eigenvalue weighted by Crippen LogP contribution is 2.44. The minimum absolute atomic E-state index is 0.582. The quantitative estimate of drug-likeness (QED) is 0.167. The molecule has 0 bridgehead atoms. The fourth-order valence-electron chi connectivity index (χ4n) is 10.5. The monoisotopic (exact) mass is 806 g/mol. The summed E-state index contributed by atoms with van der Waals surface area (Å²) < 4.78 is 9.74. The maximum absolute atomic E-state index is 5.40. The van der Waals surface area contributed by atoms with Crippen LogP contribution in [-0.2, 0) is 0 Å². The van der Waals surface area contributed by atoms with Gasteiger partial charge in [0.1, 0.15) is 0 Å². The number of para-hydroxylation sites is 4. The first-order valence-corrected chi connectivity index (χ1v) is 21.8. The summed E-state index contributed by atoms with van der Waals surface area (Å²) >= 11 is 1.84. The molecule has 6 heterocycles. The first-order valence-electron chi connectivity index (χ1n) is 20.9. The van der Waals surface area contributed by atoms with Gasteiger partial charge in [0, 0.05) is 63.6 Å². The molecule has 0 aliphatic rings. The number of nitrogens with zero attached hydrogens (tertiary/aromatic N) is 6. The van der Waals surface area contributed by atoms with Crippen molar-refractivity contribution in [3.63, 3.8) is 0 Å². The predicted octanol–water partition coefficient (Wildman–Crippen LogP) is 14.4. The molecule has 15 rings (SSSR count). The molecule has 286 valence electrons. The highest BCUT2D eigenvalue weighted by molar-refractivity contribution is 7.26. The number of rotatable bonds is 3. The number of aromatic nitrogens is 6. The van der Waals surface area contributed by atoms with E-state index in [1.54, 1.807) is 0 Å². The Morgan fingerprint density at radius 2 is 0.952 bits per heavy atom. The fourth-order valence-corrected chi connectivity index (χ4v) is 11.8. The molecular weight excluding hydrogens is 777 g/mol. The second kappa shape index (κ2) is 11.8. The maximum atomic E-state index is 5.40. The average molecular weight is 807 g/mol. The van der Waals surface area contributed by atoms with Gasteiger partial charge in [0.15, 0.2) is 11.6 Å². The van der Waals surface area contributed by atoms with E-state index in [-0.39, 0.29) is 0 Å². The second-order valence-corrected chi connectivity index (χ2v) is 17.5. The van der Waals surface area contributed by atoms with Crippen LogP contribution in [0.1, 0.15) is 0 Å². The predicted molar refractivity (Wildman–Crippen MR) is 259 cm³/mol. The molecule has 6 nitrogen and oxygen atoms in total. The fraction of sp³-hybridized carbons (Fsp3) is 0. The Hall–Kier alpha value is -8.13. The molecule has 0 unspecified atom stereocenters. The van der Waals surface area contributed by atoms with Crippen LogP contribution in [0.25, 0.3) is 136 Å². The van der Waals surface area contributed by atoms with Crippen molar-refractivity contribution >= 4 is 119 Å². The smallest absolute Gasteiger partial charge is 0.238 e. The van der Waals surface area contributed by atoms with Gasteiger partial charge in [-0.3, -0.25) is 4.57 Å². The zero-order valence-corrected chi connectivity index (χ0v) is 33.7. The van der Waals surface area contributed by atoms with Crippen molar-refractivity contribution in [2.45, 2.75) is 0 Å². The highest BCUT2D eigenvalue weighted by Gasteiger charge is 2.24. The third-order valence-electron chi connectivity index (χ3n) is 13.2. The van der Waals surface area contributed by atoms with E-state index >= 15 is 0 Å². The number of thiophene rings is 1. The second-order valence-electron chi connectivity index (χ2n) is 16.4. The minimum atomic E-state index is 0.582. The molecule has 0 saturated heterocycles. The van der Waals surface area contributed by atoms with Crippen LogP contribution in [0.2, 0.25) is 0 Å². The van der Waals surface area contributed by atoms with Crippen LogP contribution in [0.3, 0.4) is 0 Å². The average Bonchev–Trinajstić information content (AvgIpc) is 4.07. The van der Waals surface area contributed by atoms with Crippen LogP contribution in [0.15, 0.2) is 182 Å². The van der Waals surface area contributed by atoms with Gasteiger partial charge < -0.3 is 8.80 Å². The lowest BCUT2D eigenvalue weighted by Crippen LogP contribution is -2.06. The zero-order valence-electron chi connectivity index (χ0n) is 32.9. The van der Waals surface area contributed by atoms with Crippen LogP contribution >= 0.6 is 11.3 Å². The van der Waals surface area contributed by atoms with Gasteiger partial charge in [0.05, 0.1) is 44.1 Å². The van der Waals surface area contributed by atoms with Crippen molar-refractivity contribution in [2.24, 2.45) is 0 Å². The Kier molecular flexibility index (Phi) is 6.21. The maximum Gasteiger partial charge on any atom is 0.238 e. The Morgan fingerprint density at radius 1 is 0.339 bits per heavy atom. The van der Waals surface area contributed by atoms with Crippen LogP contribution in [-0.4, -0.2) is 28.3 Å². The van der Waals surface area contributed by atoms with Gasteiger partial charge in [0.25, 0.3) is 0 Å². The summed E-state index contributed by atoms with van der Waals surface area (Å²) in [6.45, 7) is 0. The van der Waals surface area contributed by atoms with Gasteiger partial charge >= 0.3 is 0 Å². The lowest BCUT2D eigenvalue weighted by Gasteiger charge is -2.12. The molecular formula is C55H30N6S. The highest BCUT2D eigenvalue weighted by atomic mass is 32.1. The third kappa shape index (κ3) is 4.20. The molecule has 0 fully saturated rings. The van der Waals surface area contributed by atoms with Crippen molar-refractivity contribution in [1.29, 1.82) is 0 Å². The summed E-state index contributed by atoms with van der Waals surface area (Å²) in [6.07, 6.45) is 0. The van der Waals surface area contributed by atoms with Crippen molar-refractivity contribution in [3.8, 4) is 28.7 Å². The standard InChI is InChI=1S/C55H30N6S/c1-2-13-32(14-3-1)53-56-54(33-25-27-49-42(28-33)39-26-24-31-12-4-5-15-34(31)52(39)62-49)58-55(57-53)61-44-21-9-7-17-36(44)40-29-41-38-19-11-22-45-51(38)60(47(41)30-48(40)61)46-23-10-18-37-35-16-6-8-20-43(35)59(45)50(37)46/h1-30H. The van der Waals surface area contributed by atoms with Crippen LogP contribution < -0.4 is 0 Å². The Labute approximate surface area is 356 Å². The van der Waals surface area contributed by atoms with Gasteiger partial charge in [-0.1, -0.05) is 127 Å². The first-order chi connectivity index (χ1) is 30.7. The lowest BCUT2D eigenvalue weighted by molar-refractivity contribution is 0.954. The number of hydrogen-bond acceptors (Lipinski definition) is 4. The van der Waals surface area contributed by atoms with Gasteiger partial charge in [-0.05, 0) is 65.4 Å². The van der Waals surface area contributed by atoms with E-state index in [0.29, 0.717) is 17.6 Å². The van der Waals surface area contributed by atoms with E-state index < -0.39 is 0 Å². The van der Waals surface area contributed by atoms with Crippen LogP contribution in [0.4, 0.5) is 0 Å². The summed E-state index contributed by atoms with van der Waals surface area (Å²) in [5.41, 5.74) is 11.2. The zero-order chi connectivity index (χ0) is 40.2. The van der Waals surface area contributed by atoms with E-state index in [0.717, 1.165) is 38.4 Å². The largest absolute Gasteiger partial charge is 0.305 e. The van der Waals surface area contributed by atoms with Crippen molar-refractivity contribution < 1.29 is 0 Å². The van der Waals surface area contributed by atoms with Gasteiger partial charge in [-0.2, -0.15) is 9.97 Å². The van der Waals surface area contributed by atoms with Crippen molar-refractivity contribution in [2.75, 3.05) is 0 Å². The van der Waals surface area contributed by atoms with E-state index in [4.69, 9.17) is 15.0 Å². The Balaban J connectivity index is 1.04.